The van der Waals surface area contributed by atoms with Gasteiger partial charge in [0.25, 0.3) is 11.8 Å². The van der Waals surface area contributed by atoms with Crippen LogP contribution < -0.4 is 0 Å². The lowest BCUT2D eigenvalue weighted by Crippen LogP contribution is -2.39. The average Bonchev–Trinajstić information content (AvgIpc) is 2.97. The van der Waals surface area contributed by atoms with Crippen molar-refractivity contribution >= 4 is 11.8 Å². The second kappa shape index (κ2) is 11.8. The van der Waals surface area contributed by atoms with Gasteiger partial charge in [-0.3, -0.25) is 9.59 Å². The van der Waals surface area contributed by atoms with Crippen molar-refractivity contribution in [3.8, 4) is 0 Å². The first kappa shape index (κ1) is 25.3. The summed E-state index contributed by atoms with van der Waals surface area (Å²) in [6, 6.07) is 26.8. The van der Waals surface area contributed by atoms with Gasteiger partial charge in [-0.2, -0.15) is 0 Å². The summed E-state index contributed by atoms with van der Waals surface area (Å²) >= 11 is 0. The number of likely N-dealkylation sites (tertiary alicyclic amines) is 2. The second-order valence-electron chi connectivity index (χ2n) is 10.7. The average molecular weight is 495 g/mol. The molecule has 3 aromatic carbocycles. The Morgan fingerprint density at radius 1 is 0.730 bits per heavy atom. The molecule has 2 aliphatic rings. The molecule has 5 rings (SSSR count). The summed E-state index contributed by atoms with van der Waals surface area (Å²) in [5, 5.41) is 0. The van der Waals surface area contributed by atoms with Crippen LogP contribution in [0.15, 0.2) is 78.9 Å². The maximum absolute atomic E-state index is 13.4. The van der Waals surface area contributed by atoms with Crippen molar-refractivity contribution in [3.05, 3.63) is 107 Å². The summed E-state index contributed by atoms with van der Waals surface area (Å²) < 4.78 is 0. The highest BCUT2D eigenvalue weighted by molar-refractivity contribution is 5.95. The zero-order valence-corrected chi connectivity index (χ0v) is 21.9. The van der Waals surface area contributed by atoms with Crippen LogP contribution in [0.4, 0.5) is 0 Å². The molecule has 0 radical (unpaired) electrons. The van der Waals surface area contributed by atoms with Gasteiger partial charge in [-0.1, -0.05) is 61.5 Å². The second-order valence-corrected chi connectivity index (χ2v) is 10.7. The predicted octanol–water partition coefficient (Wildman–Crippen LogP) is 6.36. The SMILES string of the molecule is CCc1ccc(C(=O)N2CCC[C@@H](c3cccc(C(=O)N4CCC(Cc5ccccc5)CC4)c3)C2)cc1. The van der Waals surface area contributed by atoms with E-state index in [1.54, 1.807) is 0 Å². The monoisotopic (exact) mass is 494 g/mol. The van der Waals surface area contributed by atoms with E-state index in [1.807, 2.05) is 46.2 Å². The van der Waals surface area contributed by atoms with Gasteiger partial charge in [0.2, 0.25) is 0 Å². The number of nitrogens with zero attached hydrogens (tertiary/aromatic N) is 2. The van der Waals surface area contributed by atoms with Gasteiger partial charge in [0, 0.05) is 43.2 Å². The molecular formula is C33H38N2O2. The van der Waals surface area contributed by atoms with Crippen LogP contribution in [0, 0.1) is 5.92 Å². The van der Waals surface area contributed by atoms with Crippen molar-refractivity contribution in [1.29, 1.82) is 0 Å². The topological polar surface area (TPSA) is 40.6 Å². The van der Waals surface area contributed by atoms with Crippen LogP contribution in [-0.4, -0.2) is 47.8 Å². The van der Waals surface area contributed by atoms with Gasteiger partial charge >= 0.3 is 0 Å². The van der Waals surface area contributed by atoms with E-state index >= 15 is 0 Å². The van der Waals surface area contributed by atoms with Crippen molar-refractivity contribution in [2.75, 3.05) is 26.2 Å². The Hall–Kier alpha value is -3.40. The summed E-state index contributed by atoms with van der Waals surface area (Å²) in [6.07, 6.45) is 6.20. The number of piperidine rings is 2. The molecule has 0 N–H and O–H groups in total. The third-order valence-electron chi connectivity index (χ3n) is 8.19. The van der Waals surface area contributed by atoms with Crippen molar-refractivity contribution in [1.82, 2.24) is 9.80 Å². The number of amides is 2. The van der Waals surface area contributed by atoms with E-state index in [0.717, 1.165) is 69.3 Å². The molecule has 2 heterocycles. The number of carbonyl (C=O) groups excluding carboxylic acids is 2. The molecule has 2 saturated heterocycles. The van der Waals surface area contributed by atoms with Gasteiger partial charge < -0.3 is 9.80 Å². The summed E-state index contributed by atoms with van der Waals surface area (Å²) in [4.78, 5) is 30.5. The molecule has 2 fully saturated rings. The lowest BCUT2D eigenvalue weighted by Gasteiger charge is -2.34. The molecule has 2 amide bonds. The fourth-order valence-corrected chi connectivity index (χ4v) is 5.90. The third kappa shape index (κ3) is 6.12. The van der Waals surface area contributed by atoms with Crippen LogP contribution in [-0.2, 0) is 12.8 Å². The molecular weight excluding hydrogens is 456 g/mol. The first-order valence-electron chi connectivity index (χ1n) is 13.9. The number of aryl methyl sites for hydroxylation is 1. The molecule has 192 valence electrons. The van der Waals surface area contributed by atoms with Crippen molar-refractivity contribution in [3.63, 3.8) is 0 Å². The molecule has 2 aliphatic heterocycles. The summed E-state index contributed by atoms with van der Waals surface area (Å²) in [5.41, 5.74) is 5.34. The van der Waals surface area contributed by atoms with E-state index in [9.17, 15) is 9.59 Å². The zero-order chi connectivity index (χ0) is 25.6. The van der Waals surface area contributed by atoms with E-state index in [1.165, 1.54) is 16.7 Å². The molecule has 0 saturated carbocycles. The minimum absolute atomic E-state index is 0.109. The van der Waals surface area contributed by atoms with Gasteiger partial charge in [-0.25, -0.2) is 0 Å². The molecule has 3 aromatic rings. The molecule has 0 bridgehead atoms. The van der Waals surface area contributed by atoms with Gasteiger partial charge in [-0.15, -0.1) is 0 Å². The zero-order valence-electron chi connectivity index (χ0n) is 21.9. The summed E-state index contributed by atoms with van der Waals surface area (Å²) in [5.74, 6) is 1.15. The number of carbonyl (C=O) groups is 2. The van der Waals surface area contributed by atoms with Crippen LogP contribution in [0.1, 0.15) is 75.9 Å². The summed E-state index contributed by atoms with van der Waals surface area (Å²) in [7, 11) is 0. The maximum Gasteiger partial charge on any atom is 0.253 e. The quantitative estimate of drug-likeness (QED) is 0.400. The first-order valence-corrected chi connectivity index (χ1v) is 13.9. The van der Waals surface area contributed by atoms with Crippen LogP contribution in [0.2, 0.25) is 0 Å². The van der Waals surface area contributed by atoms with E-state index in [2.05, 4.69) is 49.4 Å². The highest BCUT2D eigenvalue weighted by atomic mass is 16.2. The third-order valence-corrected chi connectivity index (χ3v) is 8.19. The first-order chi connectivity index (χ1) is 18.1. The summed E-state index contributed by atoms with van der Waals surface area (Å²) in [6.45, 7) is 5.27. The Morgan fingerprint density at radius 2 is 1.46 bits per heavy atom. The fraction of sp³-hybridized carbons (Fsp3) is 0.394. The van der Waals surface area contributed by atoms with Crippen LogP contribution in [0.5, 0.6) is 0 Å². The highest BCUT2D eigenvalue weighted by Gasteiger charge is 2.27. The number of benzene rings is 3. The molecule has 0 aliphatic carbocycles. The Balaban J connectivity index is 1.20. The minimum atomic E-state index is 0.109. The van der Waals surface area contributed by atoms with Crippen molar-refractivity contribution < 1.29 is 9.59 Å². The van der Waals surface area contributed by atoms with E-state index < -0.39 is 0 Å². The van der Waals surface area contributed by atoms with Gasteiger partial charge in [-0.05, 0) is 85.4 Å². The maximum atomic E-state index is 13.4. The lowest BCUT2D eigenvalue weighted by molar-refractivity contribution is 0.0684. The molecule has 37 heavy (non-hydrogen) atoms. The molecule has 0 unspecified atom stereocenters. The minimum Gasteiger partial charge on any atom is -0.339 e. The Morgan fingerprint density at radius 3 is 2.19 bits per heavy atom. The van der Waals surface area contributed by atoms with Crippen LogP contribution >= 0.6 is 0 Å². The Labute approximate surface area is 221 Å². The largest absolute Gasteiger partial charge is 0.339 e. The smallest absolute Gasteiger partial charge is 0.253 e. The Kier molecular flexibility index (Phi) is 8.03. The normalized spacial score (nSPS) is 18.6. The van der Waals surface area contributed by atoms with Gasteiger partial charge in [0.15, 0.2) is 0 Å². The van der Waals surface area contributed by atoms with E-state index in [-0.39, 0.29) is 17.7 Å². The van der Waals surface area contributed by atoms with Crippen LogP contribution in [0.25, 0.3) is 0 Å². The van der Waals surface area contributed by atoms with Crippen molar-refractivity contribution in [2.24, 2.45) is 5.92 Å². The standard InChI is InChI=1S/C33H38N2O2/c1-2-25-13-15-28(16-14-25)32(36)35-19-7-12-31(24-35)29-10-6-11-30(23-29)33(37)34-20-17-27(18-21-34)22-26-8-4-3-5-9-26/h3-6,8-11,13-16,23,27,31H,2,7,12,17-22,24H2,1H3/t31-/m1/s1. The van der Waals surface area contributed by atoms with Crippen molar-refractivity contribution in [2.45, 2.75) is 51.4 Å². The van der Waals surface area contributed by atoms with E-state index in [4.69, 9.17) is 0 Å². The molecule has 4 heteroatoms. The number of hydrogen-bond donors (Lipinski definition) is 0. The fourth-order valence-electron chi connectivity index (χ4n) is 5.90. The number of rotatable bonds is 6. The van der Waals surface area contributed by atoms with Gasteiger partial charge in [0.05, 0.1) is 0 Å². The Bertz CT molecular complexity index is 1200. The van der Waals surface area contributed by atoms with E-state index in [0.29, 0.717) is 12.5 Å². The van der Waals surface area contributed by atoms with Gasteiger partial charge in [0.1, 0.15) is 0 Å². The molecule has 0 spiro atoms. The molecule has 4 nitrogen and oxygen atoms in total. The predicted molar refractivity (Wildman–Crippen MR) is 149 cm³/mol. The highest BCUT2D eigenvalue weighted by Crippen LogP contribution is 2.29. The van der Waals surface area contributed by atoms with Crippen LogP contribution in [0.3, 0.4) is 0 Å². The lowest BCUT2D eigenvalue weighted by atomic mass is 9.88. The number of hydrogen-bond acceptors (Lipinski definition) is 2. The molecule has 1 atom stereocenters. The molecule has 0 aromatic heterocycles.